The van der Waals surface area contributed by atoms with Gasteiger partial charge in [0, 0.05) is 31.9 Å². The smallest absolute Gasteiger partial charge is 0.227 e. The van der Waals surface area contributed by atoms with E-state index in [9.17, 15) is 0 Å². The standard InChI is InChI=1S/C12H22N6/c1-9-3-4-10(13)11(14)16-12(15-9)18-7-5-17(2)6-8-18/h3-8,13-14H2,1-2H3. The highest BCUT2D eigenvalue weighted by Crippen LogP contribution is 2.11. The summed E-state index contributed by atoms with van der Waals surface area (Å²) in [6.45, 7) is 5.92. The number of piperazine rings is 1. The van der Waals surface area contributed by atoms with Gasteiger partial charge in [-0.15, -0.1) is 0 Å². The van der Waals surface area contributed by atoms with Crippen molar-refractivity contribution in [3.05, 3.63) is 11.5 Å². The van der Waals surface area contributed by atoms with Crippen molar-refractivity contribution in [1.82, 2.24) is 9.80 Å². The van der Waals surface area contributed by atoms with Crippen LogP contribution in [-0.4, -0.2) is 54.7 Å². The molecular formula is C12H22N6. The first-order valence-corrected chi connectivity index (χ1v) is 6.36. The Balaban J connectivity index is 2.22. The third-order valence-electron chi connectivity index (χ3n) is 3.38. The molecule has 0 radical (unpaired) electrons. The molecule has 1 saturated heterocycles. The minimum Gasteiger partial charge on any atom is -0.399 e. The van der Waals surface area contributed by atoms with E-state index in [4.69, 9.17) is 11.5 Å². The summed E-state index contributed by atoms with van der Waals surface area (Å²) in [7, 11) is 2.12. The number of nitrogens with zero attached hydrogens (tertiary/aromatic N) is 4. The predicted octanol–water partition coefficient (Wildman–Crippen LogP) is -0.0690. The van der Waals surface area contributed by atoms with Crippen LogP contribution in [0.25, 0.3) is 0 Å². The molecule has 0 atom stereocenters. The molecule has 6 heteroatoms. The van der Waals surface area contributed by atoms with Gasteiger partial charge in [-0.3, -0.25) is 0 Å². The number of hydrogen-bond donors (Lipinski definition) is 2. The Morgan fingerprint density at radius 1 is 1.00 bits per heavy atom. The Hall–Kier alpha value is -1.56. The Morgan fingerprint density at radius 3 is 2.33 bits per heavy atom. The van der Waals surface area contributed by atoms with E-state index in [1.807, 2.05) is 6.92 Å². The van der Waals surface area contributed by atoms with Crippen molar-refractivity contribution in [2.24, 2.45) is 21.5 Å². The lowest BCUT2D eigenvalue weighted by atomic mass is 10.2. The van der Waals surface area contributed by atoms with Crippen LogP contribution in [0.15, 0.2) is 21.5 Å². The van der Waals surface area contributed by atoms with Crippen molar-refractivity contribution in [2.45, 2.75) is 19.8 Å². The second-order valence-corrected chi connectivity index (χ2v) is 4.96. The van der Waals surface area contributed by atoms with Crippen LogP contribution in [0.5, 0.6) is 0 Å². The lowest BCUT2D eigenvalue weighted by Gasteiger charge is -2.33. The van der Waals surface area contributed by atoms with Crippen LogP contribution in [0, 0.1) is 0 Å². The quantitative estimate of drug-likeness (QED) is 0.630. The lowest BCUT2D eigenvalue weighted by Crippen LogP contribution is -2.47. The van der Waals surface area contributed by atoms with Crippen LogP contribution >= 0.6 is 0 Å². The molecule has 100 valence electrons. The number of nitrogens with two attached hydrogens (primary N) is 2. The van der Waals surface area contributed by atoms with Gasteiger partial charge in [0.1, 0.15) is 5.82 Å². The van der Waals surface area contributed by atoms with Gasteiger partial charge in [0.05, 0.1) is 5.70 Å². The molecule has 4 N–H and O–H groups in total. The number of guanidine groups is 1. The topological polar surface area (TPSA) is 83.2 Å². The molecule has 18 heavy (non-hydrogen) atoms. The molecule has 1 fully saturated rings. The van der Waals surface area contributed by atoms with Gasteiger partial charge in [-0.25, -0.2) is 4.99 Å². The average molecular weight is 250 g/mol. The lowest BCUT2D eigenvalue weighted by molar-refractivity contribution is 0.214. The molecule has 0 aromatic carbocycles. The van der Waals surface area contributed by atoms with E-state index in [2.05, 4.69) is 26.8 Å². The molecule has 6 nitrogen and oxygen atoms in total. The van der Waals surface area contributed by atoms with Gasteiger partial charge < -0.3 is 21.3 Å². The van der Waals surface area contributed by atoms with E-state index in [0.717, 1.165) is 44.7 Å². The average Bonchev–Trinajstić information content (AvgIpc) is 2.34. The third-order valence-corrected chi connectivity index (χ3v) is 3.38. The minimum absolute atomic E-state index is 0.417. The first-order chi connectivity index (χ1) is 8.56. The highest BCUT2D eigenvalue weighted by molar-refractivity contribution is 5.96. The Kier molecular flexibility index (Phi) is 3.86. The second kappa shape index (κ2) is 5.39. The molecule has 2 aliphatic rings. The second-order valence-electron chi connectivity index (χ2n) is 4.96. The summed E-state index contributed by atoms with van der Waals surface area (Å²) >= 11 is 0. The normalized spacial score (nSPS) is 23.3. The number of hydrogen-bond acceptors (Lipinski definition) is 6. The summed E-state index contributed by atoms with van der Waals surface area (Å²) in [6, 6.07) is 0. The molecule has 0 aromatic heterocycles. The monoisotopic (exact) mass is 250 g/mol. The zero-order chi connectivity index (χ0) is 13.1. The fraction of sp³-hybridized carbons (Fsp3) is 0.667. The van der Waals surface area contributed by atoms with E-state index >= 15 is 0 Å². The highest BCUT2D eigenvalue weighted by Gasteiger charge is 2.19. The van der Waals surface area contributed by atoms with Gasteiger partial charge in [-0.1, -0.05) is 0 Å². The van der Waals surface area contributed by atoms with Crippen molar-refractivity contribution in [1.29, 1.82) is 0 Å². The van der Waals surface area contributed by atoms with E-state index in [0.29, 0.717) is 17.5 Å². The SMILES string of the molecule is CC1=NC(N2CCN(C)CC2)=NC(N)=C(N)CC1. The van der Waals surface area contributed by atoms with Gasteiger partial charge in [-0.2, -0.15) is 4.99 Å². The summed E-state index contributed by atoms with van der Waals surface area (Å²) in [4.78, 5) is 13.4. The van der Waals surface area contributed by atoms with Crippen molar-refractivity contribution < 1.29 is 0 Å². The molecule has 0 aromatic rings. The maximum absolute atomic E-state index is 5.89. The molecule has 2 aliphatic heterocycles. The number of rotatable bonds is 0. The van der Waals surface area contributed by atoms with Crippen molar-refractivity contribution in [3.63, 3.8) is 0 Å². The van der Waals surface area contributed by atoms with Crippen LogP contribution in [0.4, 0.5) is 0 Å². The van der Waals surface area contributed by atoms with E-state index in [1.165, 1.54) is 0 Å². The molecule has 0 saturated carbocycles. The van der Waals surface area contributed by atoms with Gasteiger partial charge in [0.15, 0.2) is 0 Å². The number of likely N-dealkylation sites (N-methyl/N-ethyl adjacent to an activating group) is 1. The van der Waals surface area contributed by atoms with Gasteiger partial charge >= 0.3 is 0 Å². The summed E-state index contributed by atoms with van der Waals surface area (Å²) in [5.74, 6) is 1.13. The maximum Gasteiger partial charge on any atom is 0.227 e. The minimum atomic E-state index is 0.417. The summed E-state index contributed by atoms with van der Waals surface area (Å²) in [5.41, 5.74) is 13.5. The zero-order valence-corrected chi connectivity index (χ0v) is 11.2. The van der Waals surface area contributed by atoms with Gasteiger partial charge in [0.2, 0.25) is 5.96 Å². The highest BCUT2D eigenvalue weighted by atomic mass is 15.3. The van der Waals surface area contributed by atoms with Crippen LogP contribution in [0.1, 0.15) is 19.8 Å². The zero-order valence-electron chi connectivity index (χ0n) is 11.2. The maximum atomic E-state index is 5.89. The fourth-order valence-corrected chi connectivity index (χ4v) is 2.02. The number of aliphatic imine (C=N–C) groups is 2. The van der Waals surface area contributed by atoms with Gasteiger partial charge in [-0.05, 0) is 26.8 Å². The first-order valence-electron chi connectivity index (χ1n) is 6.36. The molecular weight excluding hydrogens is 228 g/mol. The van der Waals surface area contributed by atoms with E-state index in [-0.39, 0.29) is 0 Å². The van der Waals surface area contributed by atoms with E-state index < -0.39 is 0 Å². The summed E-state index contributed by atoms with van der Waals surface area (Å²) in [5, 5.41) is 0. The van der Waals surface area contributed by atoms with Crippen molar-refractivity contribution in [3.8, 4) is 0 Å². The molecule has 0 unspecified atom stereocenters. The van der Waals surface area contributed by atoms with Crippen molar-refractivity contribution in [2.75, 3.05) is 33.2 Å². The predicted molar refractivity (Wildman–Crippen MR) is 74.2 cm³/mol. The van der Waals surface area contributed by atoms with Crippen LogP contribution < -0.4 is 11.5 Å². The third kappa shape index (κ3) is 3.01. The fourth-order valence-electron chi connectivity index (χ4n) is 2.02. The van der Waals surface area contributed by atoms with Crippen LogP contribution in [-0.2, 0) is 0 Å². The van der Waals surface area contributed by atoms with Gasteiger partial charge in [0.25, 0.3) is 0 Å². The molecule has 0 bridgehead atoms. The van der Waals surface area contributed by atoms with Crippen molar-refractivity contribution >= 4 is 11.7 Å². The van der Waals surface area contributed by atoms with E-state index in [1.54, 1.807) is 0 Å². The molecule has 0 amide bonds. The Bertz CT molecular complexity index is 401. The number of allylic oxidation sites excluding steroid dienone is 1. The van der Waals surface area contributed by atoms with Crippen LogP contribution in [0.2, 0.25) is 0 Å². The largest absolute Gasteiger partial charge is 0.399 e. The molecule has 2 rings (SSSR count). The summed E-state index contributed by atoms with van der Waals surface area (Å²) < 4.78 is 0. The Morgan fingerprint density at radius 2 is 1.67 bits per heavy atom. The summed E-state index contributed by atoms with van der Waals surface area (Å²) in [6.07, 6.45) is 1.58. The molecule has 0 aliphatic carbocycles. The molecule has 0 spiro atoms. The molecule has 2 heterocycles. The Labute approximate surface area is 108 Å². The first kappa shape index (κ1) is 12.9. The van der Waals surface area contributed by atoms with Crippen LogP contribution in [0.3, 0.4) is 0 Å².